The second-order valence-corrected chi connectivity index (χ2v) is 10.5. The van der Waals surface area contributed by atoms with E-state index in [0.29, 0.717) is 40.6 Å². The maximum absolute atomic E-state index is 13.3. The average Bonchev–Trinajstić information content (AvgIpc) is 3.55. The van der Waals surface area contributed by atoms with Crippen molar-refractivity contribution in [3.63, 3.8) is 0 Å². The molecule has 5 rings (SSSR count). The fourth-order valence-electron chi connectivity index (χ4n) is 4.37. The Morgan fingerprint density at radius 2 is 1.84 bits per heavy atom. The number of sulfonamides is 1. The second-order valence-electron chi connectivity index (χ2n) is 8.72. The minimum absolute atomic E-state index is 0.101. The van der Waals surface area contributed by atoms with Crippen molar-refractivity contribution in [1.29, 1.82) is 0 Å². The minimum atomic E-state index is -4.43. The molecule has 1 aliphatic rings. The number of hydrogen-bond acceptors (Lipinski definition) is 5. The fraction of sp³-hybridized carbons (Fsp3) is 0.231. The van der Waals surface area contributed by atoms with Gasteiger partial charge in [0.05, 0.1) is 11.3 Å². The highest BCUT2D eigenvalue weighted by molar-refractivity contribution is 7.89. The number of furan rings is 1. The van der Waals surface area contributed by atoms with Crippen LogP contribution in [0, 0.1) is 0 Å². The van der Waals surface area contributed by atoms with Gasteiger partial charge < -0.3 is 9.73 Å². The van der Waals surface area contributed by atoms with Crippen molar-refractivity contribution >= 4 is 26.9 Å². The third-order valence-electron chi connectivity index (χ3n) is 6.27. The number of pyridine rings is 1. The van der Waals surface area contributed by atoms with E-state index in [2.05, 4.69) is 10.3 Å². The lowest BCUT2D eigenvalue weighted by Crippen LogP contribution is -2.45. The highest BCUT2D eigenvalue weighted by Crippen LogP contribution is 2.32. The predicted octanol–water partition coefficient (Wildman–Crippen LogP) is 4.98. The predicted molar refractivity (Wildman–Crippen MR) is 130 cm³/mol. The summed E-state index contributed by atoms with van der Waals surface area (Å²) in [5.74, 6) is -0.440. The summed E-state index contributed by atoms with van der Waals surface area (Å²) in [6.45, 7) is 0.300. The van der Waals surface area contributed by atoms with E-state index in [1.807, 2.05) is 0 Å². The van der Waals surface area contributed by atoms with Crippen molar-refractivity contribution in [2.24, 2.45) is 0 Å². The summed E-state index contributed by atoms with van der Waals surface area (Å²) in [4.78, 5) is 17.2. The number of aromatic nitrogens is 1. The van der Waals surface area contributed by atoms with Crippen LogP contribution in [0.1, 0.15) is 24.0 Å². The number of alkyl halides is 3. The molecular formula is C26H22F3N3O4S. The van der Waals surface area contributed by atoms with Crippen molar-refractivity contribution in [3.05, 3.63) is 84.1 Å². The van der Waals surface area contributed by atoms with E-state index in [-0.39, 0.29) is 18.2 Å². The third-order valence-corrected chi connectivity index (χ3v) is 8.04. The Kier molecular flexibility index (Phi) is 6.50. The number of rotatable bonds is 6. The van der Waals surface area contributed by atoms with Gasteiger partial charge in [-0.25, -0.2) is 8.42 Å². The molecule has 37 heavy (non-hydrogen) atoms. The quantitative estimate of drug-likeness (QED) is 0.380. The van der Waals surface area contributed by atoms with Crippen molar-refractivity contribution in [3.8, 4) is 11.3 Å². The molecule has 11 heteroatoms. The van der Waals surface area contributed by atoms with Gasteiger partial charge in [0.1, 0.15) is 11.6 Å². The molecule has 1 atom stereocenters. The number of nitrogens with one attached hydrogen (secondary N) is 1. The summed E-state index contributed by atoms with van der Waals surface area (Å²) in [6, 6.07) is 15.5. The SMILES string of the molecule is O=C(NCc1ccnc(-c2ccc(C(F)(F)F)cc2)c1)C1CCCN1S(=O)(=O)c1cc2ccccc2o1. The second kappa shape index (κ2) is 9.64. The summed E-state index contributed by atoms with van der Waals surface area (Å²) in [5, 5.41) is 3.23. The Balaban J connectivity index is 1.28. The third kappa shape index (κ3) is 5.09. The molecule has 192 valence electrons. The Hall–Kier alpha value is -3.70. The normalized spacial score (nSPS) is 16.8. The fourth-order valence-corrected chi connectivity index (χ4v) is 5.98. The number of halogens is 3. The van der Waals surface area contributed by atoms with Gasteiger partial charge in [0.2, 0.25) is 11.0 Å². The van der Waals surface area contributed by atoms with E-state index in [9.17, 15) is 26.4 Å². The monoisotopic (exact) mass is 529 g/mol. The van der Waals surface area contributed by atoms with Gasteiger partial charge in [-0.15, -0.1) is 0 Å². The molecule has 0 bridgehead atoms. The molecule has 1 saturated heterocycles. The Bertz CT molecular complexity index is 1520. The summed E-state index contributed by atoms with van der Waals surface area (Å²) in [5.41, 5.74) is 1.32. The van der Waals surface area contributed by atoms with Crippen LogP contribution in [-0.2, 0) is 27.5 Å². The smallest absolute Gasteiger partial charge is 0.416 e. The molecule has 1 fully saturated rings. The van der Waals surface area contributed by atoms with Crippen LogP contribution in [0.15, 0.2) is 82.4 Å². The van der Waals surface area contributed by atoms with E-state index < -0.39 is 33.7 Å². The summed E-state index contributed by atoms with van der Waals surface area (Å²) in [6.07, 6.45) is -2.02. The molecule has 2 aromatic carbocycles. The molecule has 1 amide bonds. The number of amides is 1. The first-order valence-corrected chi connectivity index (χ1v) is 13.0. The Morgan fingerprint density at radius 1 is 1.08 bits per heavy atom. The number of hydrogen-bond donors (Lipinski definition) is 1. The van der Waals surface area contributed by atoms with Gasteiger partial charge in [0.25, 0.3) is 10.0 Å². The zero-order valence-corrected chi connectivity index (χ0v) is 20.2. The van der Waals surface area contributed by atoms with Crippen LogP contribution < -0.4 is 5.32 Å². The van der Waals surface area contributed by atoms with Gasteiger partial charge in [-0.1, -0.05) is 30.3 Å². The summed E-state index contributed by atoms with van der Waals surface area (Å²) >= 11 is 0. The first kappa shape index (κ1) is 25.0. The molecule has 2 aromatic heterocycles. The highest BCUT2D eigenvalue weighted by atomic mass is 32.2. The number of nitrogens with zero attached hydrogens (tertiary/aromatic N) is 2. The number of fused-ring (bicyclic) bond motifs is 1. The van der Waals surface area contributed by atoms with Gasteiger partial charge in [-0.3, -0.25) is 9.78 Å². The molecule has 0 saturated carbocycles. The van der Waals surface area contributed by atoms with E-state index in [4.69, 9.17) is 4.42 Å². The number of carbonyl (C=O) groups excluding carboxylic acids is 1. The van der Waals surface area contributed by atoms with Crippen LogP contribution in [-0.4, -0.2) is 36.2 Å². The van der Waals surface area contributed by atoms with Crippen LogP contribution in [0.4, 0.5) is 13.2 Å². The van der Waals surface area contributed by atoms with E-state index in [1.54, 1.807) is 36.4 Å². The van der Waals surface area contributed by atoms with Gasteiger partial charge in [-0.2, -0.15) is 17.5 Å². The van der Waals surface area contributed by atoms with Gasteiger partial charge in [0, 0.05) is 36.3 Å². The Morgan fingerprint density at radius 3 is 2.57 bits per heavy atom. The topological polar surface area (TPSA) is 92.5 Å². The van der Waals surface area contributed by atoms with Crippen LogP contribution >= 0.6 is 0 Å². The van der Waals surface area contributed by atoms with Crippen molar-refractivity contribution in [2.75, 3.05) is 6.54 Å². The highest BCUT2D eigenvalue weighted by Gasteiger charge is 2.41. The van der Waals surface area contributed by atoms with Gasteiger partial charge in [-0.05, 0) is 48.7 Å². The maximum Gasteiger partial charge on any atom is 0.416 e. The lowest BCUT2D eigenvalue weighted by atomic mass is 10.1. The van der Waals surface area contributed by atoms with Crippen molar-refractivity contribution in [1.82, 2.24) is 14.6 Å². The number of carbonyl (C=O) groups is 1. The molecule has 3 heterocycles. The zero-order chi connectivity index (χ0) is 26.2. The van der Waals surface area contributed by atoms with Crippen molar-refractivity contribution in [2.45, 2.75) is 36.7 Å². The molecular weight excluding hydrogens is 507 g/mol. The first-order valence-electron chi connectivity index (χ1n) is 11.5. The van der Waals surface area contributed by atoms with E-state index >= 15 is 0 Å². The van der Waals surface area contributed by atoms with Crippen LogP contribution in [0.5, 0.6) is 0 Å². The van der Waals surface area contributed by atoms with Crippen LogP contribution in [0.3, 0.4) is 0 Å². The molecule has 0 radical (unpaired) electrons. The molecule has 0 spiro atoms. The van der Waals surface area contributed by atoms with Gasteiger partial charge >= 0.3 is 6.18 Å². The largest absolute Gasteiger partial charge is 0.443 e. The first-order chi connectivity index (χ1) is 17.6. The summed E-state index contributed by atoms with van der Waals surface area (Å²) in [7, 11) is -4.02. The van der Waals surface area contributed by atoms with Gasteiger partial charge in [0.15, 0.2) is 0 Å². The van der Waals surface area contributed by atoms with Crippen LogP contribution in [0.25, 0.3) is 22.2 Å². The standard InChI is InChI=1S/C26H22F3N3O4S/c27-26(28,29)20-9-7-18(8-10-20)21-14-17(11-12-30-21)16-31-25(33)22-5-3-13-32(22)37(34,35)24-15-19-4-1-2-6-23(19)36-24/h1-2,4,6-12,14-15,22H,3,5,13,16H2,(H,31,33). The lowest BCUT2D eigenvalue weighted by Gasteiger charge is -2.22. The summed E-state index contributed by atoms with van der Waals surface area (Å²) < 4.78 is 71.7. The zero-order valence-electron chi connectivity index (χ0n) is 19.4. The molecule has 1 unspecified atom stereocenters. The van der Waals surface area contributed by atoms with E-state index in [1.165, 1.54) is 28.7 Å². The number of para-hydroxylation sites is 1. The molecule has 4 aromatic rings. The lowest BCUT2D eigenvalue weighted by molar-refractivity contribution is -0.137. The minimum Gasteiger partial charge on any atom is -0.443 e. The maximum atomic E-state index is 13.3. The van der Waals surface area contributed by atoms with Crippen LogP contribution in [0.2, 0.25) is 0 Å². The molecule has 1 aliphatic heterocycles. The van der Waals surface area contributed by atoms with E-state index in [0.717, 1.165) is 12.1 Å². The number of benzene rings is 2. The Labute approximate surface area is 211 Å². The molecule has 0 aliphatic carbocycles. The molecule has 1 N–H and O–H groups in total. The molecule has 7 nitrogen and oxygen atoms in total. The van der Waals surface area contributed by atoms with Crippen molar-refractivity contribution < 1.29 is 30.8 Å². The average molecular weight is 530 g/mol.